The van der Waals surface area contributed by atoms with Crippen molar-refractivity contribution in [3.05, 3.63) is 35.6 Å². The van der Waals surface area contributed by atoms with E-state index in [2.05, 4.69) is 5.32 Å². The second kappa shape index (κ2) is 7.33. The zero-order valence-corrected chi connectivity index (χ0v) is 13.2. The van der Waals surface area contributed by atoms with Gasteiger partial charge < -0.3 is 5.32 Å². The SMILES string of the molecule is CN(Cc1ccccc1F)S(=O)(=O)CCC1CCCCN1. The van der Waals surface area contributed by atoms with Gasteiger partial charge in [0.1, 0.15) is 5.82 Å². The summed E-state index contributed by atoms with van der Waals surface area (Å²) < 4.78 is 39.4. The minimum atomic E-state index is -3.35. The van der Waals surface area contributed by atoms with E-state index in [1.165, 1.54) is 17.4 Å². The molecule has 1 atom stereocenters. The smallest absolute Gasteiger partial charge is 0.214 e. The summed E-state index contributed by atoms with van der Waals surface area (Å²) in [7, 11) is -1.84. The Morgan fingerprint density at radius 3 is 2.76 bits per heavy atom. The van der Waals surface area contributed by atoms with Crippen LogP contribution in [0.2, 0.25) is 0 Å². The van der Waals surface area contributed by atoms with E-state index in [1.54, 1.807) is 18.2 Å². The summed E-state index contributed by atoms with van der Waals surface area (Å²) in [4.78, 5) is 0. The van der Waals surface area contributed by atoms with Crippen molar-refractivity contribution in [2.45, 2.75) is 38.3 Å². The van der Waals surface area contributed by atoms with Gasteiger partial charge in [-0.15, -0.1) is 0 Å². The largest absolute Gasteiger partial charge is 0.314 e. The second-order valence-corrected chi connectivity index (χ2v) is 7.79. The van der Waals surface area contributed by atoms with Gasteiger partial charge in [-0.25, -0.2) is 17.1 Å². The summed E-state index contributed by atoms with van der Waals surface area (Å²) in [6, 6.07) is 6.56. The van der Waals surface area contributed by atoms with Crippen LogP contribution in [0.1, 0.15) is 31.2 Å². The molecule has 118 valence electrons. The van der Waals surface area contributed by atoms with Gasteiger partial charge in [-0.05, 0) is 31.9 Å². The molecule has 1 fully saturated rings. The number of nitrogens with zero attached hydrogens (tertiary/aromatic N) is 1. The molecule has 1 N–H and O–H groups in total. The van der Waals surface area contributed by atoms with E-state index in [-0.39, 0.29) is 24.2 Å². The maximum absolute atomic E-state index is 13.6. The molecule has 2 rings (SSSR count). The van der Waals surface area contributed by atoms with Gasteiger partial charge in [-0.1, -0.05) is 24.6 Å². The van der Waals surface area contributed by atoms with Crippen molar-refractivity contribution in [2.24, 2.45) is 0 Å². The molecule has 1 aliphatic rings. The van der Waals surface area contributed by atoms with E-state index < -0.39 is 10.0 Å². The highest BCUT2D eigenvalue weighted by Gasteiger charge is 2.22. The Morgan fingerprint density at radius 2 is 2.10 bits per heavy atom. The maximum atomic E-state index is 13.6. The van der Waals surface area contributed by atoms with Crippen LogP contribution in [0.4, 0.5) is 4.39 Å². The number of sulfonamides is 1. The summed E-state index contributed by atoms with van der Waals surface area (Å²) in [5.74, 6) is -0.260. The molecule has 1 aliphatic heterocycles. The monoisotopic (exact) mass is 314 g/mol. The molecular formula is C15H23FN2O2S. The molecule has 4 nitrogen and oxygen atoms in total. The number of rotatable bonds is 6. The van der Waals surface area contributed by atoms with Crippen molar-refractivity contribution in [1.29, 1.82) is 0 Å². The summed E-state index contributed by atoms with van der Waals surface area (Å²) in [5, 5.41) is 3.35. The average Bonchev–Trinajstić information content (AvgIpc) is 2.48. The van der Waals surface area contributed by atoms with Crippen molar-refractivity contribution in [3.8, 4) is 0 Å². The van der Waals surface area contributed by atoms with Crippen molar-refractivity contribution in [3.63, 3.8) is 0 Å². The van der Waals surface area contributed by atoms with Crippen LogP contribution in [0.3, 0.4) is 0 Å². The molecule has 1 saturated heterocycles. The topological polar surface area (TPSA) is 49.4 Å². The average molecular weight is 314 g/mol. The lowest BCUT2D eigenvalue weighted by Gasteiger charge is -2.24. The first-order valence-electron chi connectivity index (χ1n) is 7.40. The first-order chi connectivity index (χ1) is 9.99. The van der Waals surface area contributed by atoms with Crippen LogP contribution in [0.15, 0.2) is 24.3 Å². The molecule has 1 heterocycles. The molecule has 0 amide bonds. The van der Waals surface area contributed by atoms with Crippen LogP contribution >= 0.6 is 0 Å². The molecule has 0 bridgehead atoms. The first kappa shape index (κ1) is 16.4. The molecule has 1 unspecified atom stereocenters. The Labute approximate surface area is 126 Å². The maximum Gasteiger partial charge on any atom is 0.214 e. The third-order valence-electron chi connectivity index (χ3n) is 3.96. The highest BCUT2D eigenvalue weighted by Crippen LogP contribution is 2.15. The van der Waals surface area contributed by atoms with Crippen molar-refractivity contribution < 1.29 is 12.8 Å². The molecule has 0 saturated carbocycles. The van der Waals surface area contributed by atoms with Gasteiger partial charge in [-0.3, -0.25) is 0 Å². The van der Waals surface area contributed by atoms with Crippen molar-refractivity contribution in [1.82, 2.24) is 9.62 Å². The second-order valence-electron chi connectivity index (χ2n) is 5.60. The van der Waals surface area contributed by atoms with Crippen molar-refractivity contribution >= 4 is 10.0 Å². The standard InChI is InChI=1S/C15H23FN2O2S/c1-18(12-13-6-2-3-8-15(13)16)21(19,20)11-9-14-7-4-5-10-17-14/h2-3,6,8,14,17H,4-5,7,9-12H2,1H3. The molecule has 0 aromatic heterocycles. The van der Waals surface area contributed by atoms with E-state index >= 15 is 0 Å². The summed E-state index contributed by atoms with van der Waals surface area (Å²) in [6.07, 6.45) is 3.97. The Balaban J connectivity index is 1.90. The lowest BCUT2D eigenvalue weighted by molar-refractivity contribution is 0.388. The van der Waals surface area contributed by atoms with Gasteiger partial charge in [-0.2, -0.15) is 0 Å². The predicted molar refractivity (Wildman–Crippen MR) is 81.9 cm³/mol. The van der Waals surface area contributed by atoms with Crippen LogP contribution in [0.25, 0.3) is 0 Å². The molecule has 0 spiro atoms. The fraction of sp³-hybridized carbons (Fsp3) is 0.600. The van der Waals surface area contributed by atoms with Crippen LogP contribution in [0.5, 0.6) is 0 Å². The number of hydrogen-bond donors (Lipinski definition) is 1. The van der Waals surface area contributed by atoms with Gasteiger partial charge in [0.15, 0.2) is 0 Å². The summed E-state index contributed by atoms with van der Waals surface area (Å²) in [6.45, 7) is 1.04. The van der Waals surface area contributed by atoms with Crippen LogP contribution in [0, 0.1) is 5.82 Å². The van der Waals surface area contributed by atoms with E-state index in [0.717, 1.165) is 25.8 Å². The molecule has 1 aromatic rings. The van der Waals surface area contributed by atoms with Crippen LogP contribution in [-0.4, -0.2) is 38.1 Å². The van der Waals surface area contributed by atoms with Gasteiger partial charge in [0.05, 0.1) is 5.75 Å². The number of halogens is 1. The van der Waals surface area contributed by atoms with E-state index in [1.807, 2.05) is 0 Å². The Kier molecular flexibility index (Phi) is 5.72. The number of benzene rings is 1. The Bertz CT molecular complexity index is 557. The molecule has 21 heavy (non-hydrogen) atoms. The minimum absolute atomic E-state index is 0.0765. The summed E-state index contributed by atoms with van der Waals surface area (Å²) >= 11 is 0. The number of piperidine rings is 1. The normalized spacial score (nSPS) is 19.9. The lowest BCUT2D eigenvalue weighted by atomic mass is 10.0. The van der Waals surface area contributed by atoms with Gasteiger partial charge >= 0.3 is 0 Å². The van der Waals surface area contributed by atoms with Crippen LogP contribution in [-0.2, 0) is 16.6 Å². The van der Waals surface area contributed by atoms with Crippen molar-refractivity contribution in [2.75, 3.05) is 19.3 Å². The molecular weight excluding hydrogens is 291 g/mol. The zero-order valence-electron chi connectivity index (χ0n) is 12.4. The lowest BCUT2D eigenvalue weighted by Crippen LogP contribution is -2.37. The first-order valence-corrected chi connectivity index (χ1v) is 9.01. The highest BCUT2D eigenvalue weighted by atomic mass is 32.2. The third-order valence-corrected chi connectivity index (χ3v) is 5.79. The molecule has 6 heteroatoms. The van der Waals surface area contributed by atoms with Gasteiger partial charge in [0.25, 0.3) is 0 Å². The fourth-order valence-corrected chi connectivity index (χ4v) is 3.81. The van der Waals surface area contributed by atoms with E-state index in [9.17, 15) is 12.8 Å². The molecule has 0 radical (unpaired) electrons. The van der Waals surface area contributed by atoms with Gasteiger partial charge in [0, 0.05) is 25.2 Å². The fourth-order valence-electron chi connectivity index (χ4n) is 2.58. The minimum Gasteiger partial charge on any atom is -0.314 e. The highest BCUT2D eigenvalue weighted by molar-refractivity contribution is 7.89. The summed E-state index contributed by atoms with van der Waals surface area (Å²) in [5.41, 5.74) is 0.402. The quantitative estimate of drug-likeness (QED) is 0.875. The number of hydrogen-bond acceptors (Lipinski definition) is 3. The molecule has 0 aliphatic carbocycles. The Hall–Kier alpha value is -0.980. The van der Waals surface area contributed by atoms with Gasteiger partial charge in [0.2, 0.25) is 10.0 Å². The van der Waals surface area contributed by atoms with E-state index in [0.29, 0.717) is 12.0 Å². The number of nitrogens with one attached hydrogen (secondary N) is 1. The molecule has 1 aromatic carbocycles. The van der Waals surface area contributed by atoms with E-state index in [4.69, 9.17) is 0 Å². The van der Waals surface area contributed by atoms with Crippen LogP contribution < -0.4 is 5.32 Å². The third kappa shape index (κ3) is 4.76. The Morgan fingerprint density at radius 1 is 1.33 bits per heavy atom. The zero-order chi connectivity index (χ0) is 15.3. The predicted octanol–water partition coefficient (Wildman–Crippen LogP) is 2.12.